The second-order valence-corrected chi connectivity index (χ2v) is 9.55. The average molecular weight is 403 g/mol. The summed E-state index contributed by atoms with van der Waals surface area (Å²) in [4.78, 5) is 17.2. The monoisotopic (exact) mass is 402 g/mol. The first kappa shape index (κ1) is 18.4. The van der Waals surface area contributed by atoms with E-state index in [2.05, 4.69) is 46.2 Å². The highest BCUT2D eigenvalue weighted by atomic mass is 16.5. The number of hydrogen-bond acceptors (Lipinski definition) is 4. The van der Waals surface area contributed by atoms with Crippen LogP contribution >= 0.6 is 0 Å². The lowest BCUT2D eigenvalue weighted by Gasteiger charge is -2.59. The lowest BCUT2D eigenvalue weighted by molar-refractivity contribution is -0.107. The van der Waals surface area contributed by atoms with Gasteiger partial charge in [0.2, 0.25) is 5.88 Å². The molecule has 4 heterocycles. The number of piperidine rings is 3. The molecule has 2 aromatic carbocycles. The molecule has 4 heteroatoms. The molecule has 0 amide bonds. The maximum atomic E-state index is 12.0. The Hall–Kier alpha value is -2.33. The summed E-state index contributed by atoms with van der Waals surface area (Å²) in [5, 5.41) is 2.38. The van der Waals surface area contributed by atoms with E-state index in [4.69, 9.17) is 4.74 Å². The molecular formula is C26H30N2O2. The van der Waals surface area contributed by atoms with Gasteiger partial charge in [0, 0.05) is 18.6 Å². The van der Waals surface area contributed by atoms with E-state index in [-0.39, 0.29) is 0 Å². The van der Waals surface area contributed by atoms with Crippen LogP contribution in [0.5, 0.6) is 5.75 Å². The number of ether oxygens (including phenoxy) is 1. The first-order valence-electron chi connectivity index (χ1n) is 11.7. The molecule has 0 spiro atoms. The topological polar surface area (TPSA) is 32.8 Å². The van der Waals surface area contributed by atoms with E-state index < -0.39 is 0 Å². The predicted molar refractivity (Wildman–Crippen MR) is 118 cm³/mol. The van der Waals surface area contributed by atoms with Crippen LogP contribution < -0.4 is 4.74 Å². The highest BCUT2D eigenvalue weighted by molar-refractivity contribution is 5.83. The van der Waals surface area contributed by atoms with Crippen LogP contribution in [0.3, 0.4) is 0 Å². The van der Waals surface area contributed by atoms with E-state index >= 15 is 0 Å². The zero-order valence-electron chi connectivity index (χ0n) is 17.5. The Kier molecular flexibility index (Phi) is 4.56. The number of aldehydes is 1. The number of nitrogens with zero attached hydrogens (tertiary/aromatic N) is 2. The summed E-state index contributed by atoms with van der Waals surface area (Å²) in [5.74, 6) is 3.07. The Morgan fingerprint density at radius 3 is 2.67 bits per heavy atom. The van der Waals surface area contributed by atoms with Crippen molar-refractivity contribution in [2.24, 2.45) is 11.8 Å². The first-order valence-corrected chi connectivity index (χ1v) is 11.7. The molecule has 0 bridgehead atoms. The van der Waals surface area contributed by atoms with Crippen molar-refractivity contribution in [2.75, 3.05) is 19.6 Å². The van der Waals surface area contributed by atoms with Crippen molar-refractivity contribution in [3.8, 4) is 5.75 Å². The van der Waals surface area contributed by atoms with Crippen LogP contribution in [0.2, 0.25) is 0 Å². The number of carbonyl (C=O) groups excluding carboxylic acids is 1. The van der Waals surface area contributed by atoms with E-state index in [9.17, 15) is 4.79 Å². The Bertz CT molecular complexity index is 997. The van der Waals surface area contributed by atoms with Crippen LogP contribution in [0.15, 0.2) is 53.9 Å². The smallest absolute Gasteiger partial charge is 0.202 e. The van der Waals surface area contributed by atoms with Gasteiger partial charge in [0.05, 0.1) is 5.57 Å². The highest BCUT2D eigenvalue weighted by Gasteiger charge is 2.50. The Labute approximate surface area is 178 Å². The summed E-state index contributed by atoms with van der Waals surface area (Å²) in [6.07, 6.45) is 8.19. The summed E-state index contributed by atoms with van der Waals surface area (Å²) < 4.78 is 6.51. The third kappa shape index (κ3) is 2.96. The Morgan fingerprint density at radius 1 is 0.967 bits per heavy atom. The summed E-state index contributed by atoms with van der Waals surface area (Å²) >= 11 is 0. The third-order valence-electron chi connectivity index (χ3n) is 7.99. The van der Waals surface area contributed by atoms with Gasteiger partial charge in [-0.2, -0.15) is 0 Å². The molecule has 2 aromatic rings. The molecule has 0 aromatic heterocycles. The zero-order chi connectivity index (χ0) is 20.1. The Morgan fingerprint density at radius 2 is 1.80 bits per heavy atom. The van der Waals surface area contributed by atoms with E-state index in [0.29, 0.717) is 17.9 Å². The molecule has 3 saturated heterocycles. The van der Waals surface area contributed by atoms with Gasteiger partial charge in [-0.3, -0.25) is 9.69 Å². The zero-order valence-corrected chi connectivity index (χ0v) is 17.5. The van der Waals surface area contributed by atoms with E-state index in [1.807, 2.05) is 6.07 Å². The van der Waals surface area contributed by atoms with Gasteiger partial charge in [-0.25, -0.2) is 0 Å². The van der Waals surface area contributed by atoms with Crippen molar-refractivity contribution in [1.82, 2.24) is 9.80 Å². The molecule has 0 N–H and O–H groups in total. The second kappa shape index (κ2) is 7.42. The highest BCUT2D eigenvalue weighted by Crippen LogP contribution is 2.46. The van der Waals surface area contributed by atoms with Crippen LogP contribution in [0.1, 0.15) is 38.5 Å². The average Bonchev–Trinajstić information content (AvgIpc) is 2.80. The van der Waals surface area contributed by atoms with Crippen LogP contribution in [-0.4, -0.2) is 47.8 Å². The van der Waals surface area contributed by atoms with E-state index in [0.717, 1.165) is 48.9 Å². The summed E-state index contributed by atoms with van der Waals surface area (Å²) in [6, 6.07) is 15.9. The number of fused-ring (bicyclic) bond motifs is 3. The molecule has 3 fully saturated rings. The van der Waals surface area contributed by atoms with Crippen LogP contribution in [0, 0.1) is 11.8 Å². The molecule has 0 unspecified atom stereocenters. The van der Waals surface area contributed by atoms with Gasteiger partial charge in [-0.05, 0) is 86.4 Å². The maximum absolute atomic E-state index is 12.0. The van der Waals surface area contributed by atoms with Gasteiger partial charge in [0.25, 0.3) is 0 Å². The van der Waals surface area contributed by atoms with E-state index in [1.54, 1.807) is 0 Å². The standard InChI is InChI=1S/C26H30N2O2/c29-17-21-10-12-24-23-8-4-14-27-13-3-7-20(25(23)27)16-28(24)26(21)30-22-11-9-18-5-1-2-6-19(18)15-22/h1-2,5-6,9,11,15,17,20,23-25H,3-4,7-8,10,12-14,16H2/t20-,23+,24+,25-/m0/s1. The lowest BCUT2D eigenvalue weighted by Crippen LogP contribution is -2.65. The van der Waals surface area contributed by atoms with Gasteiger partial charge >= 0.3 is 0 Å². The summed E-state index contributed by atoms with van der Waals surface area (Å²) in [7, 11) is 0. The fraction of sp³-hybridized carbons (Fsp3) is 0.500. The number of allylic oxidation sites excluding steroid dienone is 1. The largest absolute Gasteiger partial charge is 0.441 e. The third-order valence-corrected chi connectivity index (χ3v) is 7.99. The number of benzene rings is 2. The number of rotatable bonds is 3. The molecule has 6 rings (SSSR count). The number of hydrogen-bond donors (Lipinski definition) is 0. The Balaban J connectivity index is 1.35. The van der Waals surface area contributed by atoms with Gasteiger partial charge < -0.3 is 9.64 Å². The van der Waals surface area contributed by atoms with E-state index in [1.165, 1.54) is 49.5 Å². The maximum Gasteiger partial charge on any atom is 0.202 e. The molecule has 4 nitrogen and oxygen atoms in total. The van der Waals surface area contributed by atoms with Gasteiger partial charge in [-0.15, -0.1) is 0 Å². The lowest BCUT2D eigenvalue weighted by atomic mass is 9.68. The van der Waals surface area contributed by atoms with Gasteiger partial charge in [0.1, 0.15) is 5.75 Å². The molecule has 4 atom stereocenters. The van der Waals surface area contributed by atoms with Gasteiger partial charge in [0.15, 0.2) is 6.29 Å². The quantitative estimate of drug-likeness (QED) is 0.703. The van der Waals surface area contributed by atoms with Crippen molar-refractivity contribution in [1.29, 1.82) is 0 Å². The van der Waals surface area contributed by atoms with Crippen molar-refractivity contribution in [2.45, 2.75) is 50.6 Å². The van der Waals surface area contributed by atoms with Crippen molar-refractivity contribution < 1.29 is 9.53 Å². The summed E-state index contributed by atoms with van der Waals surface area (Å²) in [5.41, 5.74) is 0.835. The predicted octanol–water partition coefficient (Wildman–Crippen LogP) is 4.60. The minimum Gasteiger partial charge on any atom is -0.441 e. The fourth-order valence-electron chi connectivity index (χ4n) is 6.77. The van der Waals surface area contributed by atoms with Crippen LogP contribution in [0.4, 0.5) is 0 Å². The fourth-order valence-corrected chi connectivity index (χ4v) is 6.77. The van der Waals surface area contributed by atoms with Crippen LogP contribution in [-0.2, 0) is 4.79 Å². The molecule has 156 valence electrons. The minimum atomic E-state index is 0.506. The molecular weight excluding hydrogens is 372 g/mol. The van der Waals surface area contributed by atoms with Crippen LogP contribution in [0.25, 0.3) is 10.8 Å². The molecule has 0 aliphatic carbocycles. The first-order chi connectivity index (χ1) is 14.8. The van der Waals surface area contributed by atoms with Crippen molar-refractivity contribution in [3.63, 3.8) is 0 Å². The second-order valence-electron chi connectivity index (χ2n) is 9.55. The van der Waals surface area contributed by atoms with Crippen molar-refractivity contribution in [3.05, 3.63) is 53.9 Å². The summed E-state index contributed by atoms with van der Waals surface area (Å²) in [6.45, 7) is 3.59. The minimum absolute atomic E-state index is 0.506. The molecule has 4 aliphatic rings. The van der Waals surface area contributed by atoms with Gasteiger partial charge in [-0.1, -0.05) is 30.3 Å². The molecule has 0 radical (unpaired) electrons. The normalized spacial score (nSPS) is 31.3. The molecule has 30 heavy (non-hydrogen) atoms. The molecule has 0 saturated carbocycles. The molecule has 4 aliphatic heterocycles. The SMILES string of the molecule is O=CC1=C(Oc2ccc3ccccc3c2)N2C[C@@H]3CCCN4CCC[C@@H]([C@H]34)[C@H]2CC1. The van der Waals surface area contributed by atoms with Crippen molar-refractivity contribution >= 4 is 17.1 Å². The number of carbonyl (C=O) groups is 1.